The predicted molar refractivity (Wildman–Crippen MR) is 158 cm³/mol. The minimum absolute atomic E-state index is 0.0565. The number of nitro benzene ring substituents is 1. The topological polar surface area (TPSA) is 128 Å². The molecule has 0 radical (unpaired) electrons. The van der Waals surface area contributed by atoms with Gasteiger partial charge >= 0.3 is 0 Å². The van der Waals surface area contributed by atoms with Crippen molar-refractivity contribution < 1.29 is 24.0 Å². The van der Waals surface area contributed by atoms with Gasteiger partial charge in [-0.1, -0.05) is 36.4 Å². The van der Waals surface area contributed by atoms with Gasteiger partial charge in [-0.05, 0) is 66.2 Å². The lowest BCUT2D eigenvalue weighted by Gasteiger charge is -2.12. The average Bonchev–Trinajstić information content (AvgIpc) is 3.00. The summed E-state index contributed by atoms with van der Waals surface area (Å²) in [5.41, 5.74) is 1.68. The van der Waals surface area contributed by atoms with Gasteiger partial charge in [0.25, 0.3) is 17.5 Å². The van der Waals surface area contributed by atoms with Crippen molar-refractivity contribution in [1.82, 2.24) is 5.32 Å². The number of carbonyl (C=O) groups is 3. The third kappa shape index (κ3) is 8.13. The number of non-ortho nitro benzene ring substituents is 1. The Hall–Kier alpha value is -5.22. The molecule has 2 amide bonds. The zero-order valence-corrected chi connectivity index (χ0v) is 22.7. The number of methoxy groups -OCH3 is 1. The first-order chi connectivity index (χ1) is 19.8. The van der Waals surface area contributed by atoms with Gasteiger partial charge in [0.2, 0.25) is 0 Å². The SMILES string of the molecule is COc1cccc(C(=O)CSc2cccc(NC(=O)/C(=C/c3ccc([N+](=O)[O-])cc3)NC(=O)c3ccccc3)c2)c1. The molecule has 0 aromatic heterocycles. The molecular weight excluding hydrogens is 542 g/mol. The number of nitrogens with zero attached hydrogens (tertiary/aromatic N) is 1. The lowest BCUT2D eigenvalue weighted by molar-refractivity contribution is -0.384. The molecule has 0 fully saturated rings. The number of anilines is 1. The van der Waals surface area contributed by atoms with Crippen LogP contribution < -0.4 is 15.4 Å². The zero-order chi connectivity index (χ0) is 29.2. The van der Waals surface area contributed by atoms with E-state index in [0.717, 1.165) is 4.90 Å². The lowest BCUT2D eigenvalue weighted by Crippen LogP contribution is -2.30. The Balaban J connectivity index is 1.50. The summed E-state index contributed by atoms with van der Waals surface area (Å²) in [6.07, 6.45) is 1.44. The molecule has 9 nitrogen and oxygen atoms in total. The molecule has 2 N–H and O–H groups in total. The van der Waals surface area contributed by atoms with Gasteiger partial charge in [-0.2, -0.15) is 0 Å². The maximum atomic E-state index is 13.3. The number of nitro groups is 1. The molecule has 0 bridgehead atoms. The number of benzene rings is 4. The second-order valence-corrected chi connectivity index (χ2v) is 9.70. The Labute approximate surface area is 240 Å². The first-order valence-corrected chi connectivity index (χ1v) is 13.3. The molecule has 0 spiro atoms. The van der Waals surface area contributed by atoms with Crippen LogP contribution in [0.25, 0.3) is 6.08 Å². The zero-order valence-electron chi connectivity index (χ0n) is 21.9. The summed E-state index contributed by atoms with van der Waals surface area (Å²) in [6, 6.07) is 27.9. The molecule has 4 aromatic rings. The first kappa shape index (κ1) is 28.8. The highest BCUT2D eigenvalue weighted by Crippen LogP contribution is 2.24. The smallest absolute Gasteiger partial charge is 0.272 e. The summed E-state index contributed by atoms with van der Waals surface area (Å²) in [5.74, 6) is -0.373. The van der Waals surface area contributed by atoms with Gasteiger partial charge < -0.3 is 15.4 Å². The summed E-state index contributed by atoms with van der Waals surface area (Å²) in [6.45, 7) is 0. The van der Waals surface area contributed by atoms with Crippen LogP contribution in [0.1, 0.15) is 26.3 Å². The van der Waals surface area contributed by atoms with E-state index in [1.54, 1.807) is 72.8 Å². The summed E-state index contributed by atoms with van der Waals surface area (Å²) in [4.78, 5) is 50.0. The molecule has 41 heavy (non-hydrogen) atoms. The maximum Gasteiger partial charge on any atom is 0.272 e. The Morgan fingerprint density at radius 2 is 1.59 bits per heavy atom. The number of amides is 2. The molecule has 0 saturated carbocycles. The molecule has 0 atom stereocenters. The summed E-state index contributed by atoms with van der Waals surface area (Å²) in [5, 5.41) is 16.4. The van der Waals surface area contributed by atoms with Crippen LogP contribution in [0, 0.1) is 10.1 Å². The fourth-order valence-corrected chi connectivity index (χ4v) is 4.54. The van der Waals surface area contributed by atoms with Crippen LogP contribution in [0.15, 0.2) is 114 Å². The van der Waals surface area contributed by atoms with Crippen molar-refractivity contribution in [2.75, 3.05) is 18.2 Å². The molecule has 0 unspecified atom stereocenters. The van der Waals surface area contributed by atoms with Gasteiger partial charge in [0, 0.05) is 33.8 Å². The molecule has 206 valence electrons. The molecule has 0 aliphatic carbocycles. The van der Waals surface area contributed by atoms with Crippen LogP contribution in [0.4, 0.5) is 11.4 Å². The highest BCUT2D eigenvalue weighted by Gasteiger charge is 2.16. The van der Waals surface area contributed by atoms with E-state index in [2.05, 4.69) is 10.6 Å². The summed E-state index contributed by atoms with van der Waals surface area (Å²) < 4.78 is 5.18. The molecule has 0 heterocycles. The number of carbonyl (C=O) groups excluding carboxylic acids is 3. The Morgan fingerprint density at radius 1 is 0.878 bits per heavy atom. The van der Waals surface area contributed by atoms with E-state index in [4.69, 9.17) is 4.74 Å². The lowest BCUT2D eigenvalue weighted by atomic mass is 10.1. The van der Waals surface area contributed by atoms with Crippen LogP contribution in [0.3, 0.4) is 0 Å². The monoisotopic (exact) mass is 567 g/mol. The fraction of sp³-hybridized carbons (Fsp3) is 0.0645. The quantitative estimate of drug-likeness (QED) is 0.0749. The highest BCUT2D eigenvalue weighted by atomic mass is 32.2. The van der Waals surface area contributed by atoms with Crippen molar-refractivity contribution in [3.8, 4) is 5.75 Å². The van der Waals surface area contributed by atoms with Crippen molar-refractivity contribution in [3.63, 3.8) is 0 Å². The van der Waals surface area contributed by atoms with Gasteiger partial charge in [0.05, 0.1) is 17.8 Å². The maximum absolute atomic E-state index is 13.3. The van der Waals surface area contributed by atoms with Crippen LogP contribution in [0.2, 0.25) is 0 Å². The van der Waals surface area contributed by atoms with E-state index >= 15 is 0 Å². The average molecular weight is 568 g/mol. The minimum atomic E-state index is -0.595. The number of hydrogen-bond acceptors (Lipinski definition) is 7. The number of ether oxygens (including phenoxy) is 1. The third-order valence-corrected chi connectivity index (χ3v) is 6.79. The molecule has 0 saturated heterocycles. The largest absolute Gasteiger partial charge is 0.497 e. The van der Waals surface area contributed by atoms with E-state index < -0.39 is 16.7 Å². The molecular formula is C31H25N3O6S. The Bertz CT molecular complexity index is 1600. The molecule has 4 aromatic carbocycles. The van der Waals surface area contributed by atoms with Gasteiger partial charge in [-0.3, -0.25) is 24.5 Å². The normalized spacial score (nSPS) is 10.9. The Kier molecular flexibility index (Phi) is 9.63. The van der Waals surface area contributed by atoms with Gasteiger partial charge in [0.15, 0.2) is 5.78 Å². The highest BCUT2D eigenvalue weighted by molar-refractivity contribution is 8.00. The van der Waals surface area contributed by atoms with E-state index in [-0.39, 0.29) is 22.9 Å². The second kappa shape index (κ2) is 13.7. The van der Waals surface area contributed by atoms with Crippen LogP contribution >= 0.6 is 11.8 Å². The van der Waals surface area contributed by atoms with Gasteiger partial charge in [0.1, 0.15) is 11.4 Å². The van der Waals surface area contributed by atoms with Crippen LogP contribution in [-0.2, 0) is 4.79 Å². The van der Waals surface area contributed by atoms with Crippen molar-refractivity contribution in [2.24, 2.45) is 0 Å². The van der Waals surface area contributed by atoms with Crippen LogP contribution in [-0.4, -0.2) is 35.4 Å². The van der Waals surface area contributed by atoms with Gasteiger partial charge in [-0.15, -0.1) is 11.8 Å². The standard InChI is InChI=1S/C31H25N3O6S/c1-40-26-11-5-9-23(18-26)29(35)20-41-27-12-6-10-24(19-27)32-31(37)28(33-30(36)22-7-3-2-4-8-22)17-21-13-15-25(16-14-21)34(38)39/h2-19H,20H2,1H3,(H,32,37)(H,33,36)/b28-17-. The Morgan fingerprint density at radius 3 is 2.29 bits per heavy atom. The van der Waals surface area contributed by atoms with E-state index in [9.17, 15) is 24.5 Å². The number of hydrogen-bond donors (Lipinski definition) is 2. The molecule has 4 rings (SSSR count). The number of nitrogens with one attached hydrogen (secondary N) is 2. The van der Waals surface area contributed by atoms with Crippen molar-refractivity contribution in [1.29, 1.82) is 0 Å². The summed E-state index contributed by atoms with van der Waals surface area (Å²) in [7, 11) is 1.54. The van der Waals surface area contributed by atoms with Gasteiger partial charge in [-0.25, -0.2) is 0 Å². The number of Topliss-reactive ketones (excluding diaryl/α,β-unsaturated/α-hetero) is 1. The third-order valence-electron chi connectivity index (χ3n) is 5.80. The minimum Gasteiger partial charge on any atom is -0.497 e. The first-order valence-electron chi connectivity index (χ1n) is 12.4. The van der Waals surface area contributed by atoms with Crippen molar-refractivity contribution in [3.05, 3.63) is 136 Å². The van der Waals surface area contributed by atoms with E-state index in [1.807, 2.05) is 6.07 Å². The second-order valence-electron chi connectivity index (χ2n) is 8.65. The predicted octanol–water partition coefficient (Wildman–Crippen LogP) is 5.99. The van der Waals surface area contributed by atoms with Crippen molar-refractivity contribution >= 4 is 46.8 Å². The molecule has 0 aliphatic rings. The molecule has 10 heteroatoms. The fourth-order valence-electron chi connectivity index (χ4n) is 3.69. The number of rotatable bonds is 11. The van der Waals surface area contributed by atoms with Crippen LogP contribution in [0.5, 0.6) is 5.75 Å². The molecule has 0 aliphatic heterocycles. The number of ketones is 1. The summed E-state index contributed by atoms with van der Waals surface area (Å²) >= 11 is 1.32. The van der Waals surface area contributed by atoms with E-state index in [0.29, 0.717) is 28.1 Å². The number of thioether (sulfide) groups is 1. The van der Waals surface area contributed by atoms with E-state index in [1.165, 1.54) is 49.2 Å². The van der Waals surface area contributed by atoms with Crippen molar-refractivity contribution in [2.45, 2.75) is 4.90 Å².